The van der Waals surface area contributed by atoms with Gasteiger partial charge in [-0.05, 0) is 67.4 Å². The number of carbonyl (C=O) groups is 1. The Kier molecular flexibility index (Phi) is 6.76. The minimum atomic E-state index is -1.10. The number of carbonyl (C=O) groups excluding carboxylic acids is 1. The second-order valence-corrected chi connectivity index (χ2v) is 9.60. The smallest absolute Gasteiger partial charge is 0.226 e. The Morgan fingerprint density at radius 1 is 1.34 bits per heavy atom. The van der Waals surface area contributed by atoms with Crippen molar-refractivity contribution < 1.29 is 24.2 Å². The van der Waals surface area contributed by atoms with E-state index in [1.807, 2.05) is 6.07 Å². The van der Waals surface area contributed by atoms with Crippen LogP contribution in [0.2, 0.25) is 0 Å². The number of furan rings is 1. The van der Waals surface area contributed by atoms with E-state index in [1.165, 1.54) is 0 Å². The zero-order valence-electron chi connectivity index (χ0n) is 18.1. The standard InChI is InChI=1S/C23H37NO5/c1-21-9-4-10-22(2,20(26)24-12-14-28-3)18(21)7-11-23(27,16-25)19(21)6-5-17-8-13-29-15-17/h8,13,15,18-19,25,27H,4-7,9-12,14,16H2,1-3H3,(H,24,26)/t18-,19-,21+,22-,23?/m0/s1. The summed E-state index contributed by atoms with van der Waals surface area (Å²) in [5, 5.41) is 24.5. The van der Waals surface area contributed by atoms with E-state index in [-0.39, 0.29) is 29.8 Å². The minimum absolute atomic E-state index is 0.0694. The largest absolute Gasteiger partial charge is 0.472 e. The molecule has 2 saturated carbocycles. The predicted molar refractivity (Wildman–Crippen MR) is 110 cm³/mol. The third kappa shape index (κ3) is 4.12. The monoisotopic (exact) mass is 407 g/mol. The molecule has 164 valence electrons. The molecule has 0 spiro atoms. The summed E-state index contributed by atoms with van der Waals surface area (Å²) in [6.45, 7) is 5.10. The van der Waals surface area contributed by atoms with Crippen LogP contribution in [0.25, 0.3) is 0 Å². The molecule has 6 heteroatoms. The maximum absolute atomic E-state index is 13.2. The first-order valence-corrected chi connectivity index (χ1v) is 10.9. The van der Waals surface area contributed by atoms with Crippen LogP contribution in [0, 0.1) is 22.7 Å². The van der Waals surface area contributed by atoms with Crippen LogP contribution in [0.5, 0.6) is 0 Å². The van der Waals surface area contributed by atoms with Crippen LogP contribution in [0.15, 0.2) is 23.0 Å². The van der Waals surface area contributed by atoms with Crippen LogP contribution in [-0.2, 0) is 16.0 Å². The highest BCUT2D eigenvalue weighted by Crippen LogP contribution is 2.63. The Labute approximate surface area is 174 Å². The lowest BCUT2D eigenvalue weighted by Gasteiger charge is -2.61. The van der Waals surface area contributed by atoms with Crippen molar-refractivity contribution in [2.75, 3.05) is 26.9 Å². The van der Waals surface area contributed by atoms with Gasteiger partial charge in [0.15, 0.2) is 0 Å². The fourth-order valence-corrected chi connectivity index (χ4v) is 6.43. The topological polar surface area (TPSA) is 91.9 Å². The number of rotatable bonds is 8. The number of hydrogen-bond acceptors (Lipinski definition) is 5. The quantitative estimate of drug-likeness (QED) is 0.576. The molecule has 3 rings (SSSR count). The van der Waals surface area contributed by atoms with E-state index in [9.17, 15) is 15.0 Å². The van der Waals surface area contributed by atoms with Gasteiger partial charge in [-0.25, -0.2) is 0 Å². The summed E-state index contributed by atoms with van der Waals surface area (Å²) >= 11 is 0. The number of hydrogen-bond donors (Lipinski definition) is 3. The van der Waals surface area contributed by atoms with E-state index in [0.717, 1.165) is 44.1 Å². The molecule has 29 heavy (non-hydrogen) atoms. The number of aliphatic hydroxyl groups is 2. The number of aryl methyl sites for hydroxylation is 1. The summed E-state index contributed by atoms with van der Waals surface area (Å²) in [4.78, 5) is 13.2. The summed E-state index contributed by atoms with van der Waals surface area (Å²) in [7, 11) is 1.63. The first-order valence-electron chi connectivity index (χ1n) is 10.9. The number of nitrogens with one attached hydrogen (secondary N) is 1. The molecular weight excluding hydrogens is 370 g/mol. The van der Waals surface area contributed by atoms with Gasteiger partial charge in [-0.15, -0.1) is 0 Å². The van der Waals surface area contributed by atoms with Crippen molar-refractivity contribution in [2.45, 2.75) is 64.4 Å². The molecular formula is C23H37NO5. The maximum Gasteiger partial charge on any atom is 0.226 e. The van der Waals surface area contributed by atoms with E-state index in [2.05, 4.69) is 19.2 Å². The van der Waals surface area contributed by atoms with Gasteiger partial charge in [0.05, 0.1) is 31.3 Å². The fourth-order valence-electron chi connectivity index (χ4n) is 6.43. The van der Waals surface area contributed by atoms with E-state index >= 15 is 0 Å². The van der Waals surface area contributed by atoms with Crippen LogP contribution in [0.4, 0.5) is 0 Å². The zero-order valence-corrected chi connectivity index (χ0v) is 18.1. The van der Waals surface area contributed by atoms with E-state index in [0.29, 0.717) is 19.6 Å². The highest BCUT2D eigenvalue weighted by atomic mass is 16.5. The summed E-state index contributed by atoms with van der Waals surface area (Å²) in [6, 6.07) is 1.95. The third-order valence-electron chi connectivity index (χ3n) is 7.97. The number of fused-ring (bicyclic) bond motifs is 1. The van der Waals surface area contributed by atoms with Crippen LogP contribution >= 0.6 is 0 Å². The molecule has 0 saturated heterocycles. The normalized spacial score (nSPS) is 37.1. The molecule has 1 heterocycles. The Morgan fingerprint density at radius 3 is 2.79 bits per heavy atom. The fraction of sp³-hybridized carbons (Fsp3) is 0.783. The molecule has 2 aliphatic rings. The average molecular weight is 408 g/mol. The van der Waals surface area contributed by atoms with Gasteiger partial charge >= 0.3 is 0 Å². The number of amides is 1. The minimum Gasteiger partial charge on any atom is -0.472 e. The maximum atomic E-state index is 13.2. The lowest BCUT2D eigenvalue weighted by Crippen LogP contribution is -2.62. The molecule has 3 N–H and O–H groups in total. The van der Waals surface area contributed by atoms with Gasteiger partial charge in [0.25, 0.3) is 0 Å². The molecule has 0 aliphatic heterocycles. The Hall–Kier alpha value is -1.37. The summed E-state index contributed by atoms with van der Waals surface area (Å²) in [5.74, 6) is 0.195. The summed E-state index contributed by atoms with van der Waals surface area (Å²) in [6.07, 6.45) is 9.04. The van der Waals surface area contributed by atoms with Crippen LogP contribution in [0.3, 0.4) is 0 Å². The number of ether oxygens (including phenoxy) is 1. The van der Waals surface area contributed by atoms with Gasteiger partial charge in [-0.1, -0.05) is 20.3 Å². The average Bonchev–Trinajstić information content (AvgIpc) is 3.21. The SMILES string of the molecule is COCCNC(=O)[C@@]1(C)CCC[C@@]2(C)[C@H](CCc3ccoc3)C(O)(CO)CC[C@@H]21. The second kappa shape index (κ2) is 8.78. The molecule has 1 aromatic rings. The van der Waals surface area contributed by atoms with Crippen molar-refractivity contribution in [3.8, 4) is 0 Å². The first kappa shape index (κ1) is 22.3. The van der Waals surface area contributed by atoms with Gasteiger partial charge in [-0.2, -0.15) is 0 Å². The molecule has 2 aliphatic carbocycles. The van der Waals surface area contributed by atoms with Gasteiger partial charge in [0, 0.05) is 19.1 Å². The summed E-state index contributed by atoms with van der Waals surface area (Å²) in [5.41, 5.74) is -0.664. The highest BCUT2D eigenvalue weighted by molar-refractivity contribution is 5.82. The highest BCUT2D eigenvalue weighted by Gasteiger charge is 2.61. The first-order chi connectivity index (χ1) is 13.8. The van der Waals surface area contributed by atoms with Crippen molar-refractivity contribution >= 4 is 5.91 Å². The predicted octanol–water partition coefficient (Wildman–Crippen LogP) is 2.92. The Balaban J connectivity index is 1.86. The van der Waals surface area contributed by atoms with Crippen molar-refractivity contribution in [3.05, 3.63) is 24.2 Å². The van der Waals surface area contributed by atoms with E-state index in [1.54, 1.807) is 19.6 Å². The van der Waals surface area contributed by atoms with E-state index < -0.39 is 11.0 Å². The molecule has 0 aromatic carbocycles. The molecule has 1 aromatic heterocycles. The van der Waals surface area contributed by atoms with Gasteiger partial charge in [0.1, 0.15) is 0 Å². The molecule has 0 radical (unpaired) electrons. The lowest BCUT2D eigenvalue weighted by atomic mass is 9.44. The van der Waals surface area contributed by atoms with Crippen molar-refractivity contribution in [1.29, 1.82) is 0 Å². The number of methoxy groups -OCH3 is 1. The van der Waals surface area contributed by atoms with Crippen molar-refractivity contribution in [3.63, 3.8) is 0 Å². The van der Waals surface area contributed by atoms with Crippen LogP contribution < -0.4 is 5.32 Å². The van der Waals surface area contributed by atoms with Crippen molar-refractivity contribution in [1.82, 2.24) is 5.32 Å². The molecule has 5 atom stereocenters. The van der Waals surface area contributed by atoms with E-state index in [4.69, 9.17) is 9.15 Å². The zero-order chi connectivity index (χ0) is 21.1. The van der Waals surface area contributed by atoms with Gasteiger partial charge in [0.2, 0.25) is 5.91 Å². The Morgan fingerprint density at radius 2 is 2.14 bits per heavy atom. The van der Waals surface area contributed by atoms with Crippen LogP contribution in [-0.4, -0.2) is 48.6 Å². The second-order valence-electron chi connectivity index (χ2n) is 9.60. The molecule has 1 amide bonds. The van der Waals surface area contributed by atoms with Crippen molar-refractivity contribution in [2.24, 2.45) is 22.7 Å². The van der Waals surface area contributed by atoms with Crippen LogP contribution in [0.1, 0.15) is 57.9 Å². The molecule has 6 nitrogen and oxygen atoms in total. The number of aliphatic hydroxyl groups excluding tert-OH is 1. The van der Waals surface area contributed by atoms with Gasteiger partial charge in [-0.3, -0.25) is 4.79 Å². The third-order valence-corrected chi connectivity index (χ3v) is 7.97. The molecule has 2 fully saturated rings. The molecule has 0 bridgehead atoms. The van der Waals surface area contributed by atoms with Gasteiger partial charge < -0.3 is 24.7 Å². The lowest BCUT2D eigenvalue weighted by molar-refractivity contribution is -0.196. The summed E-state index contributed by atoms with van der Waals surface area (Å²) < 4.78 is 10.3. The Bertz CT molecular complexity index is 677. The molecule has 1 unspecified atom stereocenters.